The molecule has 0 aromatic carbocycles. The molecule has 1 aliphatic carbocycles. The van der Waals surface area contributed by atoms with Crippen molar-refractivity contribution < 1.29 is 4.79 Å². The van der Waals surface area contributed by atoms with E-state index in [1.165, 1.54) is 0 Å². The summed E-state index contributed by atoms with van der Waals surface area (Å²) in [6.45, 7) is 3.46. The molecule has 0 aromatic heterocycles. The van der Waals surface area contributed by atoms with Crippen molar-refractivity contribution in [3.05, 3.63) is 23.3 Å². The Morgan fingerprint density at radius 1 is 1.20 bits per heavy atom. The van der Waals surface area contributed by atoms with Gasteiger partial charge in [0.05, 0.1) is 5.71 Å². The summed E-state index contributed by atoms with van der Waals surface area (Å²) in [4.78, 5) is 11.0. The molecule has 0 saturated heterocycles. The summed E-state index contributed by atoms with van der Waals surface area (Å²) in [5, 5.41) is 7.23. The number of Topliss-reactive ketones (excluding diaryl/α,β-unsaturated/α-hetero) is 1. The van der Waals surface area contributed by atoms with Gasteiger partial charge in [-0.3, -0.25) is 4.79 Å². The molecule has 1 aliphatic rings. The van der Waals surface area contributed by atoms with Crippen molar-refractivity contribution in [1.82, 2.24) is 0 Å². The predicted molar refractivity (Wildman–Crippen MR) is 40.2 cm³/mol. The van der Waals surface area contributed by atoms with E-state index < -0.39 is 0 Å². The average molecular weight is 135 g/mol. The second kappa shape index (κ2) is 2.21. The first-order valence-corrected chi connectivity index (χ1v) is 3.11. The van der Waals surface area contributed by atoms with Crippen molar-refractivity contribution in [1.29, 1.82) is 5.41 Å². The van der Waals surface area contributed by atoms with Crippen molar-refractivity contribution in [3.63, 3.8) is 0 Å². The van der Waals surface area contributed by atoms with Gasteiger partial charge in [-0.15, -0.1) is 0 Å². The fourth-order valence-corrected chi connectivity index (χ4v) is 0.950. The summed E-state index contributed by atoms with van der Waals surface area (Å²) in [5.41, 5.74) is 1.73. The second-order valence-electron chi connectivity index (χ2n) is 2.44. The molecule has 0 amide bonds. The van der Waals surface area contributed by atoms with Crippen LogP contribution >= 0.6 is 0 Å². The lowest BCUT2D eigenvalue weighted by Gasteiger charge is -2.05. The van der Waals surface area contributed by atoms with Gasteiger partial charge in [-0.1, -0.05) is 0 Å². The van der Waals surface area contributed by atoms with Crippen molar-refractivity contribution in [2.24, 2.45) is 0 Å². The Bertz CT molecular complexity index is 234. The number of hydrogen-bond acceptors (Lipinski definition) is 2. The van der Waals surface area contributed by atoms with E-state index in [2.05, 4.69) is 0 Å². The van der Waals surface area contributed by atoms with Crippen LogP contribution in [0.5, 0.6) is 0 Å². The molecule has 1 rings (SSSR count). The molecule has 0 heterocycles. The second-order valence-corrected chi connectivity index (χ2v) is 2.44. The highest BCUT2D eigenvalue weighted by Gasteiger charge is 2.11. The zero-order valence-electron chi connectivity index (χ0n) is 6.06. The van der Waals surface area contributed by atoms with E-state index in [0.717, 1.165) is 0 Å². The third-order valence-corrected chi connectivity index (χ3v) is 1.46. The normalized spacial score (nSPS) is 18.6. The van der Waals surface area contributed by atoms with Crippen molar-refractivity contribution in [3.8, 4) is 0 Å². The van der Waals surface area contributed by atoms with E-state index in [4.69, 9.17) is 5.41 Å². The van der Waals surface area contributed by atoms with Gasteiger partial charge in [0.2, 0.25) is 0 Å². The first kappa shape index (κ1) is 6.93. The molecule has 10 heavy (non-hydrogen) atoms. The Balaban J connectivity index is 3.05. The SMILES string of the molecule is CC1=CC(=N)C=C(C)C1=O. The van der Waals surface area contributed by atoms with Gasteiger partial charge < -0.3 is 5.41 Å². The van der Waals surface area contributed by atoms with Crippen LogP contribution in [-0.4, -0.2) is 11.5 Å². The van der Waals surface area contributed by atoms with Crippen molar-refractivity contribution in [2.75, 3.05) is 0 Å². The molecule has 2 nitrogen and oxygen atoms in total. The number of ketones is 1. The van der Waals surface area contributed by atoms with Gasteiger partial charge >= 0.3 is 0 Å². The third kappa shape index (κ3) is 1.05. The van der Waals surface area contributed by atoms with Crippen LogP contribution in [0.3, 0.4) is 0 Å². The number of allylic oxidation sites excluding steroid dienone is 4. The molecule has 1 N–H and O–H groups in total. The Morgan fingerprint density at radius 2 is 1.60 bits per heavy atom. The summed E-state index contributed by atoms with van der Waals surface area (Å²) >= 11 is 0. The van der Waals surface area contributed by atoms with E-state index in [1.807, 2.05) is 0 Å². The van der Waals surface area contributed by atoms with Gasteiger partial charge in [-0.25, -0.2) is 0 Å². The maximum Gasteiger partial charge on any atom is 0.184 e. The van der Waals surface area contributed by atoms with E-state index in [1.54, 1.807) is 26.0 Å². The van der Waals surface area contributed by atoms with Crippen LogP contribution in [0.2, 0.25) is 0 Å². The summed E-state index contributed by atoms with van der Waals surface area (Å²) in [7, 11) is 0. The lowest BCUT2D eigenvalue weighted by molar-refractivity contribution is -0.112. The molecule has 2 heteroatoms. The Hall–Kier alpha value is -1.18. The molecule has 0 bridgehead atoms. The number of carbonyl (C=O) groups is 1. The molecule has 0 spiro atoms. The van der Waals surface area contributed by atoms with E-state index in [-0.39, 0.29) is 5.78 Å². The Kier molecular flexibility index (Phi) is 1.53. The highest BCUT2D eigenvalue weighted by molar-refractivity contribution is 6.20. The fraction of sp³-hybridized carbons (Fsp3) is 0.250. The van der Waals surface area contributed by atoms with Gasteiger partial charge in [0.1, 0.15) is 0 Å². The van der Waals surface area contributed by atoms with Gasteiger partial charge in [-0.05, 0) is 37.1 Å². The van der Waals surface area contributed by atoms with Crippen LogP contribution in [0.15, 0.2) is 23.3 Å². The lowest BCUT2D eigenvalue weighted by Crippen LogP contribution is -2.09. The minimum absolute atomic E-state index is 0.0519. The van der Waals surface area contributed by atoms with E-state index in [9.17, 15) is 4.79 Å². The van der Waals surface area contributed by atoms with Crippen LogP contribution < -0.4 is 0 Å². The van der Waals surface area contributed by atoms with Crippen molar-refractivity contribution >= 4 is 11.5 Å². The monoisotopic (exact) mass is 135 g/mol. The van der Waals surface area contributed by atoms with Gasteiger partial charge in [0, 0.05) is 0 Å². The Labute approximate surface area is 59.8 Å². The standard InChI is InChI=1S/C8H9NO/c1-5-3-7(9)4-6(2)8(5)10/h3-4,9H,1-2H3. The topological polar surface area (TPSA) is 40.9 Å². The lowest BCUT2D eigenvalue weighted by atomic mass is 9.98. The number of rotatable bonds is 0. The number of nitrogens with one attached hydrogen (secondary N) is 1. The first-order chi connectivity index (χ1) is 4.61. The zero-order chi connectivity index (χ0) is 7.72. The third-order valence-electron chi connectivity index (χ3n) is 1.46. The molecule has 0 aromatic rings. The predicted octanol–water partition coefficient (Wildman–Crippen LogP) is 1.48. The first-order valence-electron chi connectivity index (χ1n) is 3.11. The molecule has 0 radical (unpaired) electrons. The molecule has 0 unspecified atom stereocenters. The minimum Gasteiger partial charge on any atom is -0.301 e. The van der Waals surface area contributed by atoms with Crippen LogP contribution in [0.25, 0.3) is 0 Å². The Morgan fingerprint density at radius 3 is 2.00 bits per heavy atom. The largest absolute Gasteiger partial charge is 0.301 e. The summed E-state index contributed by atoms with van der Waals surface area (Å²) in [6.07, 6.45) is 3.16. The molecular formula is C8H9NO. The number of hydrogen-bond donors (Lipinski definition) is 1. The van der Waals surface area contributed by atoms with Crippen molar-refractivity contribution in [2.45, 2.75) is 13.8 Å². The van der Waals surface area contributed by atoms with Gasteiger partial charge in [-0.2, -0.15) is 0 Å². The molecule has 52 valence electrons. The fourth-order valence-electron chi connectivity index (χ4n) is 0.950. The molecular weight excluding hydrogens is 126 g/mol. The maximum atomic E-state index is 11.0. The van der Waals surface area contributed by atoms with Crippen LogP contribution in [-0.2, 0) is 4.79 Å². The minimum atomic E-state index is 0.0519. The molecule has 0 saturated carbocycles. The van der Waals surface area contributed by atoms with E-state index >= 15 is 0 Å². The van der Waals surface area contributed by atoms with Crippen LogP contribution in [0, 0.1) is 5.41 Å². The van der Waals surface area contributed by atoms with Crippen LogP contribution in [0.4, 0.5) is 0 Å². The molecule has 0 aliphatic heterocycles. The van der Waals surface area contributed by atoms with Crippen LogP contribution in [0.1, 0.15) is 13.8 Å². The number of carbonyl (C=O) groups excluding carboxylic acids is 1. The summed E-state index contributed by atoms with van der Waals surface area (Å²) in [6, 6.07) is 0. The van der Waals surface area contributed by atoms with Gasteiger partial charge in [0.15, 0.2) is 5.78 Å². The molecule has 0 fully saturated rings. The maximum absolute atomic E-state index is 11.0. The summed E-state index contributed by atoms with van der Waals surface area (Å²) < 4.78 is 0. The van der Waals surface area contributed by atoms with Gasteiger partial charge in [0.25, 0.3) is 0 Å². The highest BCUT2D eigenvalue weighted by Crippen LogP contribution is 2.10. The highest BCUT2D eigenvalue weighted by atomic mass is 16.1. The summed E-state index contributed by atoms with van der Waals surface area (Å²) in [5.74, 6) is 0.0519. The van der Waals surface area contributed by atoms with E-state index in [0.29, 0.717) is 16.9 Å². The molecule has 0 atom stereocenters. The zero-order valence-corrected chi connectivity index (χ0v) is 6.06. The quantitative estimate of drug-likeness (QED) is 0.502. The smallest absolute Gasteiger partial charge is 0.184 e. The average Bonchev–Trinajstić information content (AvgIpc) is 1.82.